The standard InChI is InChI=1S/C20H20N2OS/c1-23-15-9-4-8-14(12-15)18-17-11-5-7-13-6-2-3-10-16(13)19(17)22-20(24)21-18/h2-4,6,8-10,12,17-18H,5,7,11H2,1H3,(H,21,24). The van der Waals surface area contributed by atoms with Gasteiger partial charge in [-0.05, 0) is 60.3 Å². The first kappa shape index (κ1) is 15.3. The lowest BCUT2D eigenvalue weighted by atomic mass is 9.83. The Morgan fingerprint density at radius 1 is 1.17 bits per heavy atom. The summed E-state index contributed by atoms with van der Waals surface area (Å²) >= 11 is 5.46. The highest BCUT2D eigenvalue weighted by Crippen LogP contribution is 2.37. The van der Waals surface area contributed by atoms with Crippen molar-refractivity contribution in [3.8, 4) is 5.75 Å². The van der Waals surface area contributed by atoms with Crippen LogP contribution in [0.25, 0.3) is 0 Å². The Labute approximate surface area is 147 Å². The molecule has 2 aromatic rings. The van der Waals surface area contributed by atoms with Crippen molar-refractivity contribution in [1.29, 1.82) is 0 Å². The van der Waals surface area contributed by atoms with E-state index in [-0.39, 0.29) is 6.04 Å². The Bertz CT molecular complexity index is 815. The third-order valence-corrected chi connectivity index (χ3v) is 5.17. The molecule has 24 heavy (non-hydrogen) atoms. The molecule has 0 radical (unpaired) electrons. The van der Waals surface area contributed by atoms with Crippen LogP contribution in [0.15, 0.2) is 53.5 Å². The van der Waals surface area contributed by atoms with Crippen molar-refractivity contribution in [2.45, 2.75) is 25.3 Å². The molecule has 0 bridgehead atoms. The van der Waals surface area contributed by atoms with Crippen molar-refractivity contribution < 1.29 is 4.74 Å². The van der Waals surface area contributed by atoms with Crippen molar-refractivity contribution in [3.05, 3.63) is 65.2 Å². The molecule has 1 N–H and O–H groups in total. The Morgan fingerprint density at radius 2 is 2.04 bits per heavy atom. The summed E-state index contributed by atoms with van der Waals surface area (Å²) in [6.07, 6.45) is 3.36. The predicted octanol–water partition coefficient (Wildman–Crippen LogP) is 4.07. The molecule has 2 unspecified atom stereocenters. The maximum Gasteiger partial charge on any atom is 0.193 e. The molecule has 4 heteroatoms. The molecule has 0 fully saturated rings. The molecule has 3 nitrogen and oxygen atoms in total. The Hall–Kier alpha value is -2.20. The van der Waals surface area contributed by atoms with Gasteiger partial charge < -0.3 is 10.1 Å². The molecular weight excluding hydrogens is 316 g/mol. The smallest absolute Gasteiger partial charge is 0.193 e. The monoisotopic (exact) mass is 336 g/mol. The van der Waals surface area contributed by atoms with E-state index in [2.05, 4.69) is 41.7 Å². The van der Waals surface area contributed by atoms with Gasteiger partial charge in [0.1, 0.15) is 5.75 Å². The number of hydrogen-bond donors (Lipinski definition) is 1. The zero-order valence-electron chi connectivity index (χ0n) is 13.7. The van der Waals surface area contributed by atoms with E-state index < -0.39 is 0 Å². The van der Waals surface area contributed by atoms with E-state index in [1.54, 1.807) is 7.11 Å². The van der Waals surface area contributed by atoms with Gasteiger partial charge in [-0.3, -0.25) is 0 Å². The van der Waals surface area contributed by atoms with Crippen LogP contribution < -0.4 is 10.1 Å². The Balaban J connectivity index is 1.79. The number of nitrogens with zero attached hydrogens (tertiary/aromatic N) is 1. The van der Waals surface area contributed by atoms with Crippen LogP contribution in [0.1, 0.15) is 35.6 Å². The van der Waals surface area contributed by atoms with Gasteiger partial charge in [0.05, 0.1) is 18.9 Å². The van der Waals surface area contributed by atoms with Gasteiger partial charge in [-0.15, -0.1) is 0 Å². The van der Waals surface area contributed by atoms with Gasteiger partial charge in [-0.1, -0.05) is 36.4 Å². The average molecular weight is 336 g/mol. The number of aliphatic imine (C=N–C) groups is 1. The van der Waals surface area contributed by atoms with Crippen molar-refractivity contribution in [1.82, 2.24) is 5.32 Å². The van der Waals surface area contributed by atoms with E-state index in [0.29, 0.717) is 11.0 Å². The van der Waals surface area contributed by atoms with Crippen LogP contribution in [0, 0.1) is 5.92 Å². The molecule has 4 rings (SSSR count). The molecule has 1 aliphatic carbocycles. The van der Waals surface area contributed by atoms with Crippen LogP contribution in [0.2, 0.25) is 0 Å². The zero-order chi connectivity index (χ0) is 16.5. The third kappa shape index (κ3) is 2.71. The molecule has 122 valence electrons. The van der Waals surface area contributed by atoms with Gasteiger partial charge >= 0.3 is 0 Å². The minimum Gasteiger partial charge on any atom is -0.497 e. The van der Waals surface area contributed by atoms with Crippen LogP contribution in [-0.2, 0) is 6.42 Å². The fourth-order valence-corrected chi connectivity index (χ4v) is 4.06. The van der Waals surface area contributed by atoms with Gasteiger partial charge in [0, 0.05) is 5.92 Å². The second-order valence-electron chi connectivity index (χ2n) is 6.36. The average Bonchev–Trinajstić information content (AvgIpc) is 2.81. The number of aryl methyl sites for hydroxylation is 1. The summed E-state index contributed by atoms with van der Waals surface area (Å²) in [5.41, 5.74) is 4.98. The topological polar surface area (TPSA) is 33.6 Å². The first-order valence-corrected chi connectivity index (χ1v) is 8.78. The molecule has 0 amide bonds. The van der Waals surface area contributed by atoms with Crippen molar-refractivity contribution in [2.75, 3.05) is 7.11 Å². The molecule has 0 saturated heterocycles. The van der Waals surface area contributed by atoms with Gasteiger partial charge in [0.2, 0.25) is 0 Å². The van der Waals surface area contributed by atoms with Crippen LogP contribution in [0.5, 0.6) is 5.75 Å². The molecular formula is C20H20N2OS. The number of benzene rings is 2. The van der Waals surface area contributed by atoms with Gasteiger partial charge in [-0.2, -0.15) is 0 Å². The molecule has 2 aliphatic rings. The first-order chi connectivity index (χ1) is 11.8. The van der Waals surface area contributed by atoms with Crippen LogP contribution >= 0.6 is 12.2 Å². The third-order valence-electron chi connectivity index (χ3n) is 4.96. The van der Waals surface area contributed by atoms with E-state index >= 15 is 0 Å². The summed E-state index contributed by atoms with van der Waals surface area (Å²) in [6, 6.07) is 17.0. The fraction of sp³-hybridized carbons (Fsp3) is 0.300. The number of fused-ring (bicyclic) bond motifs is 3. The highest BCUT2D eigenvalue weighted by Gasteiger charge is 2.35. The molecule has 0 saturated carbocycles. The van der Waals surface area contributed by atoms with Crippen molar-refractivity contribution in [3.63, 3.8) is 0 Å². The minimum atomic E-state index is 0.145. The minimum absolute atomic E-state index is 0.145. The second kappa shape index (κ2) is 6.36. The lowest BCUT2D eigenvalue weighted by Crippen LogP contribution is -2.40. The van der Waals surface area contributed by atoms with Crippen molar-refractivity contribution in [2.24, 2.45) is 10.9 Å². The quantitative estimate of drug-likeness (QED) is 0.840. The Kier molecular flexibility index (Phi) is 4.07. The largest absolute Gasteiger partial charge is 0.497 e. The van der Waals surface area contributed by atoms with Gasteiger partial charge in [0.15, 0.2) is 5.11 Å². The summed E-state index contributed by atoms with van der Waals surface area (Å²) in [5, 5.41) is 4.00. The predicted molar refractivity (Wildman–Crippen MR) is 101 cm³/mol. The number of rotatable bonds is 2. The SMILES string of the molecule is COc1cccc(C2NC(=S)N=C3c4ccccc4CCCC32)c1. The van der Waals surface area contributed by atoms with Crippen molar-refractivity contribution >= 4 is 23.0 Å². The highest BCUT2D eigenvalue weighted by atomic mass is 32.1. The molecule has 1 aliphatic heterocycles. The zero-order valence-corrected chi connectivity index (χ0v) is 14.5. The molecule has 0 aromatic heterocycles. The highest BCUT2D eigenvalue weighted by molar-refractivity contribution is 7.80. The van der Waals surface area contributed by atoms with E-state index in [0.717, 1.165) is 30.7 Å². The first-order valence-electron chi connectivity index (χ1n) is 8.37. The molecule has 2 atom stereocenters. The van der Waals surface area contributed by atoms with Crippen LogP contribution in [-0.4, -0.2) is 17.9 Å². The molecule has 0 spiro atoms. The van der Waals surface area contributed by atoms with E-state index in [4.69, 9.17) is 21.9 Å². The maximum atomic E-state index is 5.46. The summed E-state index contributed by atoms with van der Waals surface area (Å²) in [6.45, 7) is 0. The summed E-state index contributed by atoms with van der Waals surface area (Å²) in [4.78, 5) is 4.73. The second-order valence-corrected chi connectivity index (χ2v) is 6.74. The fourth-order valence-electron chi connectivity index (χ4n) is 3.83. The molecule has 2 aromatic carbocycles. The lowest BCUT2D eigenvalue weighted by molar-refractivity contribution is 0.410. The normalized spacial score (nSPS) is 22.5. The van der Waals surface area contributed by atoms with Gasteiger partial charge in [0.25, 0.3) is 0 Å². The number of ether oxygens (including phenoxy) is 1. The lowest BCUT2D eigenvalue weighted by Gasteiger charge is -2.33. The van der Waals surface area contributed by atoms with E-state index in [1.807, 2.05) is 12.1 Å². The van der Waals surface area contributed by atoms with Gasteiger partial charge in [-0.25, -0.2) is 4.99 Å². The number of methoxy groups -OCH3 is 1. The van der Waals surface area contributed by atoms with Crippen LogP contribution in [0.4, 0.5) is 0 Å². The summed E-state index contributed by atoms with van der Waals surface area (Å²) in [7, 11) is 1.70. The maximum absolute atomic E-state index is 5.46. The Morgan fingerprint density at radius 3 is 2.92 bits per heavy atom. The number of thiocarbonyl (C=S) groups is 1. The van der Waals surface area contributed by atoms with E-state index in [9.17, 15) is 0 Å². The number of nitrogens with one attached hydrogen (secondary N) is 1. The summed E-state index contributed by atoms with van der Waals surface area (Å²) in [5.74, 6) is 1.20. The summed E-state index contributed by atoms with van der Waals surface area (Å²) < 4.78 is 5.40. The molecule has 1 heterocycles. The van der Waals surface area contributed by atoms with Crippen LogP contribution in [0.3, 0.4) is 0 Å². The number of hydrogen-bond acceptors (Lipinski definition) is 2. The van der Waals surface area contributed by atoms with E-state index in [1.165, 1.54) is 16.7 Å².